The van der Waals surface area contributed by atoms with Crippen LogP contribution in [0.15, 0.2) is 35.2 Å². The van der Waals surface area contributed by atoms with Crippen LogP contribution in [0, 0.1) is 6.92 Å². The Morgan fingerprint density at radius 2 is 1.71 bits per heavy atom. The average Bonchev–Trinajstić information content (AvgIpc) is 2.80. The van der Waals surface area contributed by atoms with Crippen molar-refractivity contribution in [2.45, 2.75) is 45.6 Å². The molecule has 4 nitrogen and oxygen atoms in total. The molecular formula is C16H24N2O2S. The topological polar surface area (TPSA) is 52.0 Å². The lowest BCUT2D eigenvalue weighted by atomic mass is 10.1. The zero-order valence-corrected chi connectivity index (χ0v) is 14.2. The monoisotopic (exact) mass is 308 g/mol. The van der Waals surface area contributed by atoms with Crippen molar-refractivity contribution >= 4 is 9.84 Å². The summed E-state index contributed by atoms with van der Waals surface area (Å²) in [5.41, 5.74) is 3.21. The number of aryl methyl sites for hydroxylation is 2. The maximum Gasteiger partial charge on any atom is 0.175 e. The van der Waals surface area contributed by atoms with Gasteiger partial charge in [0.1, 0.15) is 0 Å². The van der Waals surface area contributed by atoms with Crippen LogP contribution in [0.5, 0.6) is 0 Å². The Balaban J connectivity index is 0.00000106. The minimum absolute atomic E-state index is 0.353. The molecule has 0 unspecified atom stereocenters. The molecule has 0 saturated heterocycles. The number of benzene rings is 1. The molecule has 0 spiro atoms. The van der Waals surface area contributed by atoms with Gasteiger partial charge in [-0.15, -0.1) is 0 Å². The van der Waals surface area contributed by atoms with Crippen molar-refractivity contribution in [2.75, 3.05) is 6.26 Å². The van der Waals surface area contributed by atoms with Crippen molar-refractivity contribution in [2.24, 2.45) is 0 Å². The highest BCUT2D eigenvalue weighted by Crippen LogP contribution is 2.14. The predicted octanol–water partition coefficient (Wildman–Crippen LogP) is 3.23. The lowest BCUT2D eigenvalue weighted by Gasteiger charge is -2.01. The van der Waals surface area contributed by atoms with Crippen molar-refractivity contribution in [3.8, 4) is 0 Å². The van der Waals surface area contributed by atoms with Crippen LogP contribution in [0.2, 0.25) is 0 Å². The summed E-state index contributed by atoms with van der Waals surface area (Å²) in [5, 5.41) is 4.49. The van der Waals surface area contributed by atoms with Crippen molar-refractivity contribution in [3.63, 3.8) is 0 Å². The van der Waals surface area contributed by atoms with Crippen LogP contribution in [0.25, 0.3) is 0 Å². The molecule has 0 saturated carbocycles. The van der Waals surface area contributed by atoms with E-state index in [1.807, 2.05) is 37.6 Å². The standard InChI is InChI=1S/C14H18N2O2S.C2H6/c1-4-16-11(2)9-13(15-16)10-12-5-7-14(8-6-12)19(3,17)18;1-2/h5-9H,4,10H2,1-3H3;1-2H3. The van der Waals surface area contributed by atoms with Gasteiger partial charge in [-0.05, 0) is 37.6 Å². The largest absolute Gasteiger partial charge is 0.270 e. The van der Waals surface area contributed by atoms with E-state index >= 15 is 0 Å². The second-order valence-electron chi connectivity index (χ2n) is 4.69. The first kappa shape index (κ1) is 17.4. The molecule has 0 fully saturated rings. The molecule has 0 amide bonds. The van der Waals surface area contributed by atoms with E-state index in [4.69, 9.17) is 0 Å². The van der Waals surface area contributed by atoms with Gasteiger partial charge in [-0.2, -0.15) is 5.10 Å². The molecule has 0 radical (unpaired) electrons. The van der Waals surface area contributed by atoms with Gasteiger partial charge in [0.2, 0.25) is 0 Å². The molecule has 21 heavy (non-hydrogen) atoms. The lowest BCUT2D eigenvalue weighted by Crippen LogP contribution is -2.00. The van der Waals surface area contributed by atoms with E-state index in [0.717, 1.165) is 29.9 Å². The zero-order chi connectivity index (χ0) is 16.0. The van der Waals surface area contributed by atoms with Gasteiger partial charge < -0.3 is 0 Å². The first-order valence-electron chi connectivity index (χ1n) is 7.22. The Kier molecular flexibility index (Phi) is 6.15. The van der Waals surface area contributed by atoms with Gasteiger partial charge in [-0.25, -0.2) is 8.42 Å². The summed E-state index contributed by atoms with van der Waals surface area (Å²) in [6.07, 6.45) is 1.94. The summed E-state index contributed by atoms with van der Waals surface area (Å²) in [5.74, 6) is 0. The summed E-state index contributed by atoms with van der Waals surface area (Å²) in [7, 11) is -3.12. The zero-order valence-electron chi connectivity index (χ0n) is 13.4. The molecule has 116 valence electrons. The van der Waals surface area contributed by atoms with Crippen molar-refractivity contribution < 1.29 is 8.42 Å². The molecule has 0 bridgehead atoms. The molecule has 0 aliphatic rings. The van der Waals surface area contributed by atoms with Gasteiger partial charge in [0.25, 0.3) is 0 Å². The first-order chi connectivity index (χ1) is 9.90. The molecule has 2 rings (SSSR count). The molecule has 0 aliphatic carbocycles. The fraction of sp³-hybridized carbons (Fsp3) is 0.438. The van der Waals surface area contributed by atoms with E-state index in [-0.39, 0.29) is 0 Å². The number of rotatable bonds is 4. The van der Waals surface area contributed by atoms with Crippen LogP contribution >= 0.6 is 0 Å². The smallest absolute Gasteiger partial charge is 0.175 e. The maximum atomic E-state index is 11.4. The van der Waals surface area contributed by atoms with Gasteiger partial charge in [0, 0.05) is 24.9 Å². The number of hydrogen-bond acceptors (Lipinski definition) is 3. The van der Waals surface area contributed by atoms with Gasteiger partial charge >= 0.3 is 0 Å². The predicted molar refractivity (Wildman–Crippen MR) is 86.3 cm³/mol. The Hall–Kier alpha value is -1.62. The molecular weight excluding hydrogens is 284 g/mol. The summed E-state index contributed by atoms with van der Waals surface area (Å²) < 4.78 is 24.7. The highest BCUT2D eigenvalue weighted by Gasteiger charge is 2.08. The molecule has 0 atom stereocenters. The fourth-order valence-corrected chi connectivity index (χ4v) is 2.68. The van der Waals surface area contributed by atoms with Crippen LogP contribution < -0.4 is 0 Å². The minimum Gasteiger partial charge on any atom is -0.270 e. The van der Waals surface area contributed by atoms with E-state index in [1.54, 1.807) is 12.1 Å². The molecule has 0 aliphatic heterocycles. The molecule has 5 heteroatoms. The molecule has 1 heterocycles. The fourth-order valence-electron chi connectivity index (χ4n) is 2.05. The Labute approximate surface area is 127 Å². The van der Waals surface area contributed by atoms with E-state index in [1.165, 1.54) is 6.26 Å². The third-order valence-electron chi connectivity index (χ3n) is 3.07. The Morgan fingerprint density at radius 3 is 2.14 bits per heavy atom. The van der Waals surface area contributed by atoms with E-state index < -0.39 is 9.84 Å². The third kappa shape index (κ3) is 4.70. The van der Waals surface area contributed by atoms with E-state index in [0.29, 0.717) is 4.90 Å². The molecule has 2 aromatic rings. The van der Waals surface area contributed by atoms with Gasteiger partial charge in [0.15, 0.2) is 9.84 Å². The minimum atomic E-state index is -3.12. The summed E-state index contributed by atoms with van der Waals surface area (Å²) in [6.45, 7) is 8.95. The van der Waals surface area contributed by atoms with Gasteiger partial charge in [-0.1, -0.05) is 26.0 Å². The van der Waals surface area contributed by atoms with Crippen LogP contribution in [0.1, 0.15) is 37.7 Å². The molecule has 1 aromatic heterocycles. The summed E-state index contributed by atoms with van der Waals surface area (Å²) >= 11 is 0. The third-order valence-corrected chi connectivity index (χ3v) is 4.20. The quantitative estimate of drug-likeness (QED) is 0.871. The first-order valence-corrected chi connectivity index (χ1v) is 9.11. The number of aromatic nitrogens is 2. The van der Waals surface area contributed by atoms with Crippen molar-refractivity contribution in [1.82, 2.24) is 9.78 Å². The molecule has 0 N–H and O–H groups in total. The summed E-state index contributed by atoms with van der Waals surface area (Å²) in [4.78, 5) is 0.353. The summed E-state index contributed by atoms with van der Waals surface area (Å²) in [6, 6.07) is 9.05. The van der Waals surface area contributed by atoms with Gasteiger partial charge in [-0.3, -0.25) is 4.68 Å². The lowest BCUT2D eigenvalue weighted by molar-refractivity contribution is 0.602. The van der Waals surface area contributed by atoms with Crippen molar-refractivity contribution in [3.05, 3.63) is 47.3 Å². The van der Waals surface area contributed by atoms with Gasteiger partial charge in [0.05, 0.1) is 10.6 Å². The van der Waals surface area contributed by atoms with Crippen LogP contribution in [0.4, 0.5) is 0 Å². The maximum absolute atomic E-state index is 11.4. The van der Waals surface area contributed by atoms with E-state index in [2.05, 4.69) is 18.1 Å². The van der Waals surface area contributed by atoms with Crippen LogP contribution in [-0.4, -0.2) is 24.5 Å². The Bertz CT molecular complexity index is 671. The number of sulfone groups is 1. The van der Waals surface area contributed by atoms with Crippen molar-refractivity contribution in [1.29, 1.82) is 0 Å². The molecule has 1 aromatic carbocycles. The second-order valence-corrected chi connectivity index (χ2v) is 6.70. The normalized spacial score (nSPS) is 10.9. The average molecular weight is 308 g/mol. The SMILES string of the molecule is CC.CCn1nc(Cc2ccc(S(C)(=O)=O)cc2)cc1C. The van der Waals surface area contributed by atoms with Crippen LogP contribution in [0.3, 0.4) is 0 Å². The number of hydrogen-bond donors (Lipinski definition) is 0. The Morgan fingerprint density at radius 1 is 1.14 bits per heavy atom. The highest BCUT2D eigenvalue weighted by molar-refractivity contribution is 7.90. The number of nitrogens with zero attached hydrogens (tertiary/aromatic N) is 2. The highest BCUT2D eigenvalue weighted by atomic mass is 32.2. The van der Waals surface area contributed by atoms with E-state index in [9.17, 15) is 8.42 Å². The van der Waals surface area contributed by atoms with Crippen LogP contribution in [-0.2, 0) is 22.8 Å². The second kappa shape index (κ2) is 7.41.